The Morgan fingerprint density at radius 2 is 2.10 bits per heavy atom. The molecule has 2 aromatic rings. The molecule has 0 unspecified atom stereocenters. The van der Waals surface area contributed by atoms with Crippen LogP contribution in [0, 0.1) is 6.92 Å². The molecule has 0 spiro atoms. The Morgan fingerprint density at radius 1 is 1.30 bits per heavy atom. The summed E-state index contributed by atoms with van der Waals surface area (Å²) >= 11 is 6.52. The first-order valence-electron chi connectivity index (χ1n) is 9.45. The molecule has 2 amide bonds. The lowest BCUT2D eigenvalue weighted by atomic mass is 10.2. The van der Waals surface area contributed by atoms with Gasteiger partial charge in [0.25, 0.3) is 5.91 Å². The summed E-state index contributed by atoms with van der Waals surface area (Å²) < 4.78 is 5.80. The summed E-state index contributed by atoms with van der Waals surface area (Å²) in [6.45, 7) is 4.41. The number of amides is 2. The smallest absolute Gasteiger partial charge is 0.266 e. The van der Waals surface area contributed by atoms with Crippen molar-refractivity contribution in [3.63, 3.8) is 0 Å². The maximum absolute atomic E-state index is 12.8. The fraction of sp³-hybridized carbons (Fsp3) is 0.227. The maximum atomic E-state index is 12.8. The molecule has 1 aliphatic rings. The number of phenolic OH excluding ortho intramolecular Hbond substituents is 1. The molecule has 0 aromatic heterocycles. The number of rotatable bonds is 7. The lowest BCUT2D eigenvalue weighted by Crippen LogP contribution is -2.31. The average Bonchev–Trinajstić information content (AvgIpc) is 2.96. The number of hydrogen-bond acceptors (Lipinski definition) is 6. The molecular formula is C22H22N2O4S2. The first kappa shape index (κ1) is 21.9. The molecule has 1 aliphatic heterocycles. The van der Waals surface area contributed by atoms with Crippen LogP contribution >= 0.6 is 24.0 Å². The molecule has 3 rings (SSSR count). The summed E-state index contributed by atoms with van der Waals surface area (Å²) in [5.74, 6) is -0.0198. The lowest BCUT2D eigenvalue weighted by molar-refractivity contribution is -0.122. The molecule has 1 saturated heterocycles. The van der Waals surface area contributed by atoms with Gasteiger partial charge in [-0.3, -0.25) is 14.5 Å². The van der Waals surface area contributed by atoms with Crippen molar-refractivity contribution in [1.29, 1.82) is 0 Å². The van der Waals surface area contributed by atoms with Crippen LogP contribution in [-0.4, -0.2) is 39.3 Å². The maximum Gasteiger partial charge on any atom is 0.266 e. The number of thioether (sulfide) groups is 1. The van der Waals surface area contributed by atoms with Crippen LogP contribution in [0.1, 0.15) is 24.5 Å². The van der Waals surface area contributed by atoms with Crippen molar-refractivity contribution in [2.24, 2.45) is 0 Å². The van der Waals surface area contributed by atoms with Crippen LogP contribution in [0.4, 0.5) is 5.69 Å². The van der Waals surface area contributed by atoms with Crippen molar-refractivity contribution >= 4 is 51.9 Å². The van der Waals surface area contributed by atoms with E-state index in [2.05, 4.69) is 5.32 Å². The van der Waals surface area contributed by atoms with Gasteiger partial charge in [0.15, 0.2) is 11.5 Å². The Labute approximate surface area is 184 Å². The minimum Gasteiger partial charge on any atom is -0.504 e. The van der Waals surface area contributed by atoms with E-state index in [1.54, 1.807) is 18.2 Å². The zero-order valence-corrected chi connectivity index (χ0v) is 18.3. The van der Waals surface area contributed by atoms with Crippen LogP contribution in [-0.2, 0) is 9.59 Å². The first-order chi connectivity index (χ1) is 14.4. The van der Waals surface area contributed by atoms with Gasteiger partial charge in [-0.05, 0) is 55.3 Å². The number of aryl methyl sites for hydroxylation is 1. The highest BCUT2D eigenvalue weighted by molar-refractivity contribution is 8.26. The SMILES string of the molecule is CCOc1cc(/C=C2\SC(=S)N(CCC(=O)Nc3cccc(C)c3)C2=O)ccc1O. The quantitative estimate of drug-likeness (QED) is 0.491. The van der Waals surface area contributed by atoms with Gasteiger partial charge in [-0.15, -0.1) is 0 Å². The second kappa shape index (κ2) is 9.77. The van der Waals surface area contributed by atoms with Gasteiger partial charge in [0.05, 0.1) is 11.5 Å². The van der Waals surface area contributed by atoms with Crippen molar-refractivity contribution < 1.29 is 19.4 Å². The zero-order valence-electron chi connectivity index (χ0n) is 16.7. The van der Waals surface area contributed by atoms with Crippen molar-refractivity contribution in [2.75, 3.05) is 18.5 Å². The third-order valence-electron chi connectivity index (χ3n) is 4.32. The highest BCUT2D eigenvalue weighted by Crippen LogP contribution is 2.34. The van der Waals surface area contributed by atoms with Crippen LogP contribution < -0.4 is 10.1 Å². The standard InChI is InChI=1S/C22H22N2O4S2/c1-3-28-18-12-15(7-8-17(18)25)13-19-21(27)24(22(29)30-19)10-9-20(26)23-16-6-4-5-14(2)11-16/h4-8,11-13,25H,3,9-10H2,1-2H3,(H,23,26)/b19-13-. The molecule has 0 bridgehead atoms. The minimum absolute atomic E-state index is 0.0428. The van der Waals surface area contributed by atoms with E-state index >= 15 is 0 Å². The Bertz CT molecular complexity index is 1020. The number of phenols is 1. The minimum atomic E-state index is -0.237. The number of nitrogens with one attached hydrogen (secondary N) is 1. The number of carbonyl (C=O) groups excluding carboxylic acids is 2. The number of thiocarbonyl (C=S) groups is 1. The average molecular weight is 443 g/mol. The third kappa shape index (κ3) is 5.40. The van der Waals surface area contributed by atoms with E-state index in [9.17, 15) is 14.7 Å². The highest BCUT2D eigenvalue weighted by Gasteiger charge is 2.32. The largest absolute Gasteiger partial charge is 0.504 e. The van der Waals surface area contributed by atoms with Crippen LogP contribution in [0.5, 0.6) is 11.5 Å². The monoisotopic (exact) mass is 442 g/mol. The summed E-state index contributed by atoms with van der Waals surface area (Å²) in [5.41, 5.74) is 2.49. The first-order valence-corrected chi connectivity index (χ1v) is 10.7. The Morgan fingerprint density at radius 3 is 2.83 bits per heavy atom. The summed E-state index contributed by atoms with van der Waals surface area (Å²) in [5, 5.41) is 12.7. The van der Waals surface area contributed by atoms with Gasteiger partial charge in [-0.1, -0.05) is 42.2 Å². The van der Waals surface area contributed by atoms with E-state index in [1.165, 1.54) is 22.7 Å². The predicted molar refractivity (Wildman–Crippen MR) is 124 cm³/mol. The normalized spacial score (nSPS) is 15.0. The molecule has 156 valence electrons. The second-order valence-electron chi connectivity index (χ2n) is 6.66. The van der Waals surface area contributed by atoms with E-state index in [4.69, 9.17) is 17.0 Å². The van der Waals surface area contributed by atoms with E-state index in [1.807, 2.05) is 38.1 Å². The molecule has 0 atom stereocenters. The topological polar surface area (TPSA) is 78.9 Å². The van der Waals surface area contributed by atoms with E-state index in [-0.39, 0.29) is 30.5 Å². The summed E-state index contributed by atoms with van der Waals surface area (Å²) in [7, 11) is 0. The number of ether oxygens (including phenoxy) is 1. The van der Waals surface area contributed by atoms with Gasteiger partial charge >= 0.3 is 0 Å². The summed E-state index contributed by atoms with van der Waals surface area (Å²) in [6.07, 6.45) is 1.84. The van der Waals surface area contributed by atoms with Gasteiger partial charge in [0.2, 0.25) is 5.91 Å². The highest BCUT2D eigenvalue weighted by atomic mass is 32.2. The van der Waals surface area contributed by atoms with Crippen molar-refractivity contribution in [2.45, 2.75) is 20.3 Å². The van der Waals surface area contributed by atoms with E-state index < -0.39 is 0 Å². The number of anilines is 1. The van der Waals surface area contributed by atoms with Gasteiger partial charge in [-0.2, -0.15) is 0 Å². The number of benzene rings is 2. The van der Waals surface area contributed by atoms with Crippen LogP contribution in [0.3, 0.4) is 0 Å². The van der Waals surface area contributed by atoms with Crippen LogP contribution in [0.15, 0.2) is 47.4 Å². The molecule has 0 saturated carbocycles. The molecule has 8 heteroatoms. The lowest BCUT2D eigenvalue weighted by Gasteiger charge is -2.14. The number of aromatic hydroxyl groups is 1. The van der Waals surface area contributed by atoms with Crippen LogP contribution in [0.2, 0.25) is 0 Å². The van der Waals surface area contributed by atoms with Gasteiger partial charge < -0.3 is 15.2 Å². The number of nitrogens with zero attached hydrogens (tertiary/aromatic N) is 1. The zero-order chi connectivity index (χ0) is 21.7. The summed E-state index contributed by atoms with van der Waals surface area (Å²) in [4.78, 5) is 26.9. The molecule has 1 heterocycles. The third-order valence-corrected chi connectivity index (χ3v) is 5.70. The molecule has 2 N–H and O–H groups in total. The Hall–Kier alpha value is -2.84. The fourth-order valence-corrected chi connectivity index (χ4v) is 4.20. The molecule has 1 fully saturated rings. The molecule has 2 aromatic carbocycles. The Balaban J connectivity index is 1.64. The molecular weight excluding hydrogens is 420 g/mol. The van der Waals surface area contributed by atoms with Crippen molar-refractivity contribution in [1.82, 2.24) is 4.90 Å². The predicted octanol–water partition coefficient (Wildman–Crippen LogP) is 4.33. The molecule has 6 nitrogen and oxygen atoms in total. The van der Waals surface area contributed by atoms with Crippen molar-refractivity contribution in [3.8, 4) is 11.5 Å². The number of hydrogen-bond donors (Lipinski definition) is 2. The van der Waals surface area contributed by atoms with Gasteiger partial charge in [-0.25, -0.2) is 0 Å². The number of carbonyl (C=O) groups is 2. The second-order valence-corrected chi connectivity index (χ2v) is 8.34. The van der Waals surface area contributed by atoms with E-state index in [0.29, 0.717) is 27.1 Å². The fourth-order valence-electron chi connectivity index (χ4n) is 2.90. The summed E-state index contributed by atoms with van der Waals surface area (Å²) in [6, 6.07) is 12.4. The molecule has 30 heavy (non-hydrogen) atoms. The van der Waals surface area contributed by atoms with Gasteiger partial charge in [0, 0.05) is 18.7 Å². The molecule has 0 aliphatic carbocycles. The van der Waals surface area contributed by atoms with Crippen molar-refractivity contribution in [3.05, 3.63) is 58.5 Å². The Kier molecular flexibility index (Phi) is 7.12. The van der Waals surface area contributed by atoms with E-state index in [0.717, 1.165) is 11.3 Å². The van der Waals surface area contributed by atoms with Gasteiger partial charge in [0.1, 0.15) is 4.32 Å². The van der Waals surface area contributed by atoms with Crippen LogP contribution in [0.25, 0.3) is 6.08 Å². The molecule has 0 radical (unpaired) electrons.